The Morgan fingerprint density at radius 3 is 2.17 bits per heavy atom. The highest BCUT2D eigenvalue weighted by Crippen LogP contribution is 2.34. The van der Waals surface area contributed by atoms with Crippen molar-refractivity contribution in [3.05, 3.63) is 71.8 Å². The topological polar surface area (TPSA) is 46.4 Å². The van der Waals surface area contributed by atoms with E-state index in [4.69, 9.17) is 4.74 Å². The minimum Gasteiger partial charge on any atom is -0.465 e. The molecule has 23 heavy (non-hydrogen) atoms. The van der Waals surface area contributed by atoms with Gasteiger partial charge in [-0.1, -0.05) is 60.7 Å². The minimum absolute atomic E-state index is 0.0282. The minimum atomic E-state index is -0.483. The number of Topliss-reactive ketones (excluding diaryl/α,β-unsaturated/α-hetero) is 1. The maximum Gasteiger partial charge on any atom is 0.325 e. The van der Waals surface area contributed by atoms with Crippen LogP contribution in [-0.2, 0) is 16.1 Å². The Morgan fingerprint density at radius 2 is 1.57 bits per heavy atom. The number of benzene rings is 2. The fraction of sp³-hybridized carbons (Fsp3) is 0.263. The van der Waals surface area contributed by atoms with Crippen LogP contribution in [-0.4, -0.2) is 35.3 Å². The summed E-state index contributed by atoms with van der Waals surface area (Å²) in [5, 5.41) is 0. The molecule has 1 fully saturated rings. The molecule has 0 saturated carbocycles. The van der Waals surface area contributed by atoms with Gasteiger partial charge in [0, 0.05) is 12.1 Å². The smallest absolute Gasteiger partial charge is 0.325 e. The molecular weight excluding hydrogens is 290 g/mol. The molecule has 0 spiro atoms. The van der Waals surface area contributed by atoms with Gasteiger partial charge in [-0.05, 0) is 12.5 Å². The van der Waals surface area contributed by atoms with Gasteiger partial charge in [0.25, 0.3) is 0 Å². The lowest BCUT2D eigenvalue weighted by Gasteiger charge is -2.04. The van der Waals surface area contributed by atoms with Crippen molar-refractivity contribution in [1.29, 1.82) is 0 Å². The number of hydrogen-bond donors (Lipinski definition) is 0. The lowest BCUT2D eigenvalue weighted by molar-refractivity contribution is -0.143. The van der Waals surface area contributed by atoms with E-state index in [0.717, 1.165) is 5.56 Å². The molecule has 1 heterocycles. The predicted molar refractivity (Wildman–Crippen MR) is 87.0 cm³/mol. The van der Waals surface area contributed by atoms with Gasteiger partial charge in [-0.3, -0.25) is 14.5 Å². The van der Waals surface area contributed by atoms with Crippen molar-refractivity contribution in [2.45, 2.75) is 25.6 Å². The molecule has 0 N–H and O–H groups in total. The van der Waals surface area contributed by atoms with Gasteiger partial charge in [0.05, 0.1) is 6.61 Å². The zero-order valence-electron chi connectivity index (χ0n) is 13.0. The van der Waals surface area contributed by atoms with E-state index >= 15 is 0 Å². The van der Waals surface area contributed by atoms with E-state index in [1.54, 1.807) is 19.1 Å². The first-order chi connectivity index (χ1) is 11.2. The second-order valence-electron chi connectivity index (χ2n) is 5.53. The summed E-state index contributed by atoms with van der Waals surface area (Å²) < 4.78 is 5.12. The van der Waals surface area contributed by atoms with Gasteiger partial charge in [-0.2, -0.15) is 0 Å². The highest BCUT2D eigenvalue weighted by atomic mass is 16.5. The third kappa shape index (κ3) is 3.32. The van der Waals surface area contributed by atoms with Gasteiger partial charge in [0.15, 0.2) is 5.78 Å². The second-order valence-corrected chi connectivity index (χ2v) is 5.53. The molecule has 2 aromatic carbocycles. The molecule has 0 bridgehead atoms. The standard InChI is InChI=1S/C19H19NO3/c1-2-23-19(22)17-16(18(21)15-11-7-4-8-12-15)20(17)13-14-9-5-3-6-10-14/h3-12,16-17H,2,13H2,1H3. The number of carbonyl (C=O) groups is 2. The first kappa shape index (κ1) is 15.4. The van der Waals surface area contributed by atoms with Crippen LogP contribution in [0.15, 0.2) is 60.7 Å². The Labute approximate surface area is 135 Å². The molecule has 4 nitrogen and oxygen atoms in total. The number of nitrogens with zero attached hydrogens (tertiary/aromatic N) is 1. The number of esters is 1. The fourth-order valence-electron chi connectivity index (χ4n) is 2.83. The van der Waals surface area contributed by atoms with Gasteiger partial charge in [0.1, 0.15) is 12.1 Å². The number of carbonyl (C=O) groups excluding carboxylic acids is 2. The molecular formula is C19H19NO3. The predicted octanol–water partition coefficient (Wildman–Crippen LogP) is 2.69. The third-order valence-corrected chi connectivity index (χ3v) is 3.99. The largest absolute Gasteiger partial charge is 0.465 e. The van der Waals surface area contributed by atoms with Crippen molar-refractivity contribution in [2.75, 3.05) is 6.61 Å². The molecule has 0 aromatic heterocycles. The summed E-state index contributed by atoms with van der Waals surface area (Å²) in [4.78, 5) is 26.7. The summed E-state index contributed by atoms with van der Waals surface area (Å²) in [5.74, 6) is -0.350. The van der Waals surface area contributed by atoms with Crippen LogP contribution in [0.25, 0.3) is 0 Å². The zero-order valence-corrected chi connectivity index (χ0v) is 13.0. The summed E-state index contributed by atoms with van der Waals surface area (Å²) >= 11 is 0. The monoisotopic (exact) mass is 309 g/mol. The van der Waals surface area contributed by atoms with Crippen molar-refractivity contribution in [2.24, 2.45) is 0 Å². The molecule has 0 radical (unpaired) electrons. The number of ketones is 1. The lowest BCUT2D eigenvalue weighted by atomic mass is 10.1. The Morgan fingerprint density at radius 1 is 0.957 bits per heavy atom. The van der Waals surface area contributed by atoms with E-state index in [2.05, 4.69) is 0 Å². The van der Waals surface area contributed by atoms with Gasteiger partial charge < -0.3 is 4.74 Å². The molecule has 3 unspecified atom stereocenters. The van der Waals surface area contributed by atoms with Crippen molar-refractivity contribution in [3.63, 3.8) is 0 Å². The van der Waals surface area contributed by atoms with Crippen LogP contribution in [0.3, 0.4) is 0 Å². The average Bonchev–Trinajstić information content (AvgIpc) is 3.30. The molecule has 1 saturated heterocycles. The Bertz CT molecular complexity index is 684. The molecule has 1 aliphatic heterocycles. The molecule has 3 rings (SSSR count). The summed E-state index contributed by atoms with van der Waals surface area (Å²) in [6.07, 6.45) is 0. The average molecular weight is 309 g/mol. The van der Waals surface area contributed by atoms with Gasteiger partial charge >= 0.3 is 5.97 Å². The first-order valence-corrected chi connectivity index (χ1v) is 7.78. The van der Waals surface area contributed by atoms with Gasteiger partial charge in [-0.15, -0.1) is 0 Å². The molecule has 0 amide bonds. The second kappa shape index (κ2) is 6.75. The van der Waals surface area contributed by atoms with E-state index in [-0.39, 0.29) is 11.8 Å². The molecule has 2 aromatic rings. The van der Waals surface area contributed by atoms with Gasteiger partial charge in [-0.25, -0.2) is 0 Å². The van der Waals surface area contributed by atoms with E-state index in [0.29, 0.717) is 18.7 Å². The summed E-state index contributed by atoms with van der Waals surface area (Å²) in [7, 11) is 0. The van der Waals surface area contributed by atoms with Crippen LogP contribution in [0, 0.1) is 0 Å². The lowest BCUT2D eigenvalue weighted by Crippen LogP contribution is -2.18. The van der Waals surface area contributed by atoms with Crippen molar-refractivity contribution in [1.82, 2.24) is 4.90 Å². The Hall–Kier alpha value is -2.46. The number of ether oxygens (including phenoxy) is 1. The highest BCUT2D eigenvalue weighted by Gasteiger charge is 2.57. The van der Waals surface area contributed by atoms with Crippen LogP contribution in [0.2, 0.25) is 0 Å². The van der Waals surface area contributed by atoms with Crippen molar-refractivity contribution >= 4 is 11.8 Å². The van der Waals surface area contributed by atoms with Gasteiger partial charge in [0.2, 0.25) is 0 Å². The molecule has 1 aliphatic rings. The van der Waals surface area contributed by atoms with Crippen molar-refractivity contribution < 1.29 is 14.3 Å². The SMILES string of the molecule is CCOC(=O)C1C(C(=O)c2ccccc2)N1Cc1ccccc1. The molecule has 3 atom stereocenters. The summed E-state index contributed by atoms with van der Waals surface area (Å²) in [6.45, 7) is 2.66. The van der Waals surface area contributed by atoms with Crippen LogP contribution < -0.4 is 0 Å². The summed E-state index contributed by atoms with van der Waals surface area (Å²) in [5.41, 5.74) is 1.70. The fourth-order valence-corrected chi connectivity index (χ4v) is 2.83. The first-order valence-electron chi connectivity index (χ1n) is 7.78. The van der Waals surface area contributed by atoms with Crippen molar-refractivity contribution in [3.8, 4) is 0 Å². The number of rotatable bonds is 6. The van der Waals surface area contributed by atoms with Crippen LogP contribution in [0.4, 0.5) is 0 Å². The quantitative estimate of drug-likeness (QED) is 0.467. The third-order valence-electron chi connectivity index (χ3n) is 3.99. The van der Waals surface area contributed by atoms with E-state index in [1.807, 2.05) is 53.4 Å². The summed E-state index contributed by atoms with van der Waals surface area (Å²) in [6, 6.07) is 18.0. The van der Waals surface area contributed by atoms with Crippen LogP contribution >= 0.6 is 0 Å². The normalized spacial score (nSPS) is 22.4. The van der Waals surface area contributed by atoms with E-state index < -0.39 is 12.1 Å². The highest BCUT2D eigenvalue weighted by molar-refractivity contribution is 6.06. The van der Waals surface area contributed by atoms with Crippen LogP contribution in [0.5, 0.6) is 0 Å². The molecule has 0 aliphatic carbocycles. The zero-order chi connectivity index (χ0) is 16.2. The molecule has 118 valence electrons. The maximum absolute atomic E-state index is 12.7. The van der Waals surface area contributed by atoms with E-state index in [9.17, 15) is 9.59 Å². The van der Waals surface area contributed by atoms with Crippen LogP contribution in [0.1, 0.15) is 22.8 Å². The molecule has 4 heteroatoms. The maximum atomic E-state index is 12.7. The van der Waals surface area contributed by atoms with E-state index in [1.165, 1.54) is 0 Å². The Balaban J connectivity index is 1.78. The Kier molecular flexibility index (Phi) is 4.53. The number of hydrogen-bond acceptors (Lipinski definition) is 4.